The van der Waals surface area contributed by atoms with Gasteiger partial charge in [-0.1, -0.05) is 72.6 Å². The van der Waals surface area contributed by atoms with Crippen LogP contribution in [0.4, 0.5) is 0 Å². The molecule has 0 bridgehead atoms. The van der Waals surface area contributed by atoms with Crippen molar-refractivity contribution in [1.29, 1.82) is 0 Å². The summed E-state index contributed by atoms with van der Waals surface area (Å²) >= 11 is 0. The average molecular weight is 437 g/mol. The normalized spacial score (nSPS) is 33.7. The molecule has 0 aromatic rings. The van der Waals surface area contributed by atoms with Gasteiger partial charge in [-0.25, -0.2) is 0 Å². The molecular weight excluding hydrogens is 388 g/mol. The van der Waals surface area contributed by atoms with Gasteiger partial charge in [0.25, 0.3) is 0 Å². The van der Waals surface area contributed by atoms with E-state index in [-0.39, 0.29) is 5.97 Å². The van der Waals surface area contributed by atoms with Crippen molar-refractivity contribution < 1.29 is 19.4 Å². The van der Waals surface area contributed by atoms with E-state index >= 15 is 0 Å². The number of carboxylic acid groups (broad SMARTS) is 1. The van der Waals surface area contributed by atoms with Crippen LogP contribution in [0.2, 0.25) is 0 Å². The van der Waals surface area contributed by atoms with E-state index in [2.05, 4.69) is 27.7 Å². The van der Waals surface area contributed by atoms with Crippen LogP contribution in [-0.4, -0.2) is 23.7 Å². The molecule has 0 radical (unpaired) electrons. The third-order valence-corrected chi connectivity index (χ3v) is 8.52. The van der Waals surface area contributed by atoms with Crippen molar-refractivity contribution in [3.63, 3.8) is 0 Å². The number of hydrogen-bond donors (Lipinski definition) is 1. The summed E-state index contributed by atoms with van der Waals surface area (Å²) in [5.41, 5.74) is 0. The van der Waals surface area contributed by atoms with Crippen molar-refractivity contribution in [2.24, 2.45) is 41.4 Å². The van der Waals surface area contributed by atoms with Crippen molar-refractivity contribution in [2.75, 3.05) is 6.61 Å². The molecule has 2 aliphatic rings. The molecule has 4 nitrogen and oxygen atoms in total. The second kappa shape index (κ2) is 13.5. The number of hydrogen-bond acceptors (Lipinski definition) is 3. The van der Waals surface area contributed by atoms with Gasteiger partial charge in [-0.2, -0.15) is 0 Å². The van der Waals surface area contributed by atoms with E-state index < -0.39 is 17.8 Å². The molecule has 2 fully saturated rings. The minimum Gasteiger partial charge on any atom is -0.481 e. The van der Waals surface area contributed by atoms with Gasteiger partial charge in [0.15, 0.2) is 0 Å². The minimum absolute atomic E-state index is 0.267. The molecule has 0 aromatic carbocycles. The Hall–Kier alpha value is -1.06. The lowest BCUT2D eigenvalue weighted by Crippen LogP contribution is -2.39. The molecule has 0 spiro atoms. The predicted octanol–water partition coefficient (Wildman–Crippen LogP) is 7.11. The summed E-state index contributed by atoms with van der Waals surface area (Å²) in [6.07, 6.45) is 15.1. The fourth-order valence-electron chi connectivity index (χ4n) is 6.32. The van der Waals surface area contributed by atoms with Crippen LogP contribution < -0.4 is 0 Å². The van der Waals surface area contributed by atoms with Gasteiger partial charge in [-0.05, 0) is 68.1 Å². The lowest BCUT2D eigenvalue weighted by Gasteiger charge is -2.42. The molecule has 7 unspecified atom stereocenters. The van der Waals surface area contributed by atoms with Gasteiger partial charge in [-0.15, -0.1) is 0 Å². The van der Waals surface area contributed by atoms with Crippen LogP contribution >= 0.6 is 0 Å². The number of rotatable bonds is 12. The quantitative estimate of drug-likeness (QED) is 0.262. The van der Waals surface area contributed by atoms with Crippen molar-refractivity contribution in [1.82, 2.24) is 0 Å². The first-order chi connectivity index (χ1) is 14.9. The first-order valence-electron chi connectivity index (χ1n) is 13.3. The first kappa shape index (κ1) is 26.2. The second-order valence-corrected chi connectivity index (χ2v) is 10.7. The Morgan fingerprint density at radius 1 is 0.871 bits per heavy atom. The van der Waals surface area contributed by atoms with E-state index in [1.807, 2.05) is 0 Å². The lowest BCUT2D eigenvalue weighted by molar-refractivity contribution is -0.162. The molecule has 2 saturated carbocycles. The number of carboxylic acids is 1. The summed E-state index contributed by atoms with van der Waals surface area (Å²) in [5, 5.41) is 9.57. The number of ether oxygens (including phenoxy) is 1. The zero-order chi connectivity index (χ0) is 22.8. The molecule has 0 aliphatic heterocycles. The fourth-order valence-corrected chi connectivity index (χ4v) is 6.32. The summed E-state index contributed by atoms with van der Waals surface area (Å²) in [6, 6.07) is 0. The number of carbonyl (C=O) groups is 2. The monoisotopic (exact) mass is 436 g/mol. The van der Waals surface area contributed by atoms with Gasteiger partial charge in [0, 0.05) is 0 Å². The van der Waals surface area contributed by atoms with Crippen LogP contribution in [0.3, 0.4) is 0 Å². The molecule has 1 N–H and O–H groups in total. The summed E-state index contributed by atoms with van der Waals surface area (Å²) in [4.78, 5) is 24.4. The van der Waals surface area contributed by atoms with Gasteiger partial charge in [0.05, 0.1) is 18.4 Å². The third-order valence-electron chi connectivity index (χ3n) is 8.52. The molecule has 0 saturated heterocycles. The average Bonchev–Trinajstić information content (AvgIpc) is 2.75. The SMILES string of the molecule is CCCCCCCCC1C(CC)CCC(COC(=O)C2CCC(C)CC2C(=O)O)C1C. The topological polar surface area (TPSA) is 63.6 Å². The summed E-state index contributed by atoms with van der Waals surface area (Å²) in [5.74, 6) is 0.745. The van der Waals surface area contributed by atoms with E-state index in [9.17, 15) is 14.7 Å². The molecule has 0 amide bonds. The maximum Gasteiger partial charge on any atom is 0.309 e. The van der Waals surface area contributed by atoms with E-state index in [1.165, 1.54) is 57.8 Å². The minimum atomic E-state index is -0.843. The van der Waals surface area contributed by atoms with E-state index in [1.54, 1.807) is 0 Å². The molecule has 2 aliphatic carbocycles. The van der Waals surface area contributed by atoms with Crippen molar-refractivity contribution in [2.45, 2.75) is 111 Å². The zero-order valence-electron chi connectivity index (χ0n) is 20.6. The van der Waals surface area contributed by atoms with E-state index in [0.717, 1.165) is 24.7 Å². The predicted molar refractivity (Wildman–Crippen MR) is 126 cm³/mol. The molecule has 2 rings (SSSR count). The van der Waals surface area contributed by atoms with Crippen molar-refractivity contribution in [3.05, 3.63) is 0 Å². The Kier molecular flexibility index (Phi) is 11.4. The number of carbonyl (C=O) groups excluding carboxylic acids is 1. The molecule has 180 valence electrons. The maximum absolute atomic E-state index is 12.8. The van der Waals surface area contributed by atoms with Crippen molar-refractivity contribution >= 4 is 11.9 Å². The van der Waals surface area contributed by atoms with Crippen LogP contribution in [-0.2, 0) is 14.3 Å². The number of unbranched alkanes of at least 4 members (excludes halogenated alkanes) is 5. The highest BCUT2D eigenvalue weighted by molar-refractivity contribution is 5.81. The summed E-state index contributed by atoms with van der Waals surface area (Å²) in [7, 11) is 0. The summed E-state index contributed by atoms with van der Waals surface area (Å²) in [6.45, 7) is 9.50. The Labute approximate surface area is 190 Å². The Morgan fingerprint density at radius 3 is 2.23 bits per heavy atom. The second-order valence-electron chi connectivity index (χ2n) is 10.7. The zero-order valence-corrected chi connectivity index (χ0v) is 20.6. The van der Waals surface area contributed by atoms with Crippen LogP contribution in [0.15, 0.2) is 0 Å². The number of esters is 1. The molecule has 7 atom stereocenters. The highest BCUT2D eigenvalue weighted by Crippen LogP contribution is 2.43. The maximum atomic E-state index is 12.8. The standard InChI is InChI=1S/C27H48O4/c1-5-7-8-9-10-11-12-23-20(4)22(15-14-21(23)6-2)18-31-27(30)24-16-13-19(3)17-25(24)26(28)29/h19-25H,5-18H2,1-4H3,(H,28,29). The smallest absolute Gasteiger partial charge is 0.309 e. The highest BCUT2D eigenvalue weighted by Gasteiger charge is 2.40. The van der Waals surface area contributed by atoms with Crippen molar-refractivity contribution in [3.8, 4) is 0 Å². The molecule has 4 heteroatoms. The molecule has 0 aromatic heterocycles. The third kappa shape index (κ3) is 7.79. The van der Waals surface area contributed by atoms with Gasteiger partial charge < -0.3 is 9.84 Å². The Morgan fingerprint density at radius 2 is 1.55 bits per heavy atom. The number of aliphatic carboxylic acids is 1. The first-order valence-corrected chi connectivity index (χ1v) is 13.3. The van der Waals surface area contributed by atoms with Crippen LogP contribution in [0.25, 0.3) is 0 Å². The van der Waals surface area contributed by atoms with E-state index in [4.69, 9.17) is 4.74 Å². The lowest BCUT2D eigenvalue weighted by atomic mass is 9.65. The van der Waals surface area contributed by atoms with Gasteiger partial charge in [0.1, 0.15) is 0 Å². The van der Waals surface area contributed by atoms with Gasteiger partial charge in [-0.3, -0.25) is 9.59 Å². The summed E-state index contributed by atoms with van der Waals surface area (Å²) < 4.78 is 5.79. The van der Waals surface area contributed by atoms with Gasteiger partial charge in [0.2, 0.25) is 0 Å². The molecule has 0 heterocycles. The van der Waals surface area contributed by atoms with E-state index in [0.29, 0.717) is 37.2 Å². The van der Waals surface area contributed by atoms with Crippen LogP contribution in [0, 0.1) is 41.4 Å². The largest absolute Gasteiger partial charge is 0.481 e. The highest BCUT2D eigenvalue weighted by atomic mass is 16.5. The Balaban J connectivity index is 1.85. The Bertz CT molecular complexity index is 545. The van der Waals surface area contributed by atoms with Gasteiger partial charge >= 0.3 is 11.9 Å². The molecule has 31 heavy (non-hydrogen) atoms. The van der Waals surface area contributed by atoms with Crippen LogP contribution in [0.5, 0.6) is 0 Å². The van der Waals surface area contributed by atoms with Crippen LogP contribution in [0.1, 0.15) is 111 Å². The fraction of sp³-hybridized carbons (Fsp3) is 0.926. The molecular formula is C27H48O4.